The van der Waals surface area contributed by atoms with E-state index in [2.05, 4.69) is 21.6 Å². The summed E-state index contributed by atoms with van der Waals surface area (Å²) in [5, 5.41) is 10.4. The van der Waals surface area contributed by atoms with Crippen molar-refractivity contribution in [2.75, 3.05) is 18.5 Å². The molecule has 2 aromatic rings. The molecule has 29 heavy (non-hydrogen) atoms. The Morgan fingerprint density at radius 3 is 2.90 bits per heavy atom. The Balaban J connectivity index is 1.31. The number of amides is 2. The second-order valence-corrected chi connectivity index (χ2v) is 8.19. The van der Waals surface area contributed by atoms with Gasteiger partial charge in [-0.1, -0.05) is 6.07 Å². The molecule has 1 fully saturated rings. The number of benzene rings is 1. The van der Waals surface area contributed by atoms with E-state index in [0.29, 0.717) is 25.4 Å². The van der Waals surface area contributed by atoms with Crippen molar-refractivity contribution in [3.05, 3.63) is 46.3 Å². The zero-order chi connectivity index (χ0) is 19.8. The fourth-order valence-corrected chi connectivity index (χ4v) is 4.62. The molecule has 152 valence electrons. The van der Waals surface area contributed by atoms with Gasteiger partial charge in [0, 0.05) is 36.6 Å². The first-order valence-electron chi connectivity index (χ1n) is 10.6. The molecule has 0 bridgehead atoms. The lowest BCUT2D eigenvalue weighted by Gasteiger charge is -2.29. The van der Waals surface area contributed by atoms with Gasteiger partial charge in [-0.05, 0) is 68.2 Å². The number of hydrogen-bond donors (Lipinski definition) is 2. The number of aromatic amines is 1. The molecule has 2 N–H and O–H groups in total. The molecule has 0 unspecified atom stereocenters. The Kier molecular flexibility index (Phi) is 4.83. The van der Waals surface area contributed by atoms with Crippen LogP contribution in [0.3, 0.4) is 0 Å². The Morgan fingerprint density at radius 1 is 1.14 bits per heavy atom. The predicted molar refractivity (Wildman–Crippen MR) is 108 cm³/mol. The van der Waals surface area contributed by atoms with Gasteiger partial charge in [-0.25, -0.2) is 0 Å². The molecule has 7 nitrogen and oxygen atoms in total. The van der Waals surface area contributed by atoms with Crippen molar-refractivity contribution in [3.8, 4) is 0 Å². The molecule has 1 aromatic carbocycles. The highest BCUT2D eigenvalue weighted by atomic mass is 16.5. The summed E-state index contributed by atoms with van der Waals surface area (Å²) in [4.78, 5) is 27.3. The van der Waals surface area contributed by atoms with Crippen LogP contribution in [-0.4, -0.2) is 46.2 Å². The van der Waals surface area contributed by atoms with Gasteiger partial charge < -0.3 is 15.0 Å². The number of aromatic nitrogens is 2. The maximum absolute atomic E-state index is 13.1. The van der Waals surface area contributed by atoms with E-state index in [9.17, 15) is 9.59 Å². The van der Waals surface area contributed by atoms with E-state index in [-0.39, 0.29) is 17.9 Å². The second-order valence-electron chi connectivity index (χ2n) is 8.19. The summed E-state index contributed by atoms with van der Waals surface area (Å²) in [7, 11) is 0. The van der Waals surface area contributed by atoms with Crippen LogP contribution in [0.2, 0.25) is 0 Å². The quantitative estimate of drug-likeness (QED) is 0.838. The number of aryl methyl sites for hydroxylation is 1. The third kappa shape index (κ3) is 3.55. The molecular weight excluding hydrogens is 368 g/mol. The predicted octanol–water partition coefficient (Wildman–Crippen LogP) is 2.60. The average molecular weight is 394 g/mol. The van der Waals surface area contributed by atoms with E-state index >= 15 is 0 Å². The highest BCUT2D eigenvalue weighted by molar-refractivity contribution is 5.95. The van der Waals surface area contributed by atoms with E-state index in [1.54, 1.807) is 0 Å². The van der Waals surface area contributed by atoms with Gasteiger partial charge in [-0.2, -0.15) is 5.10 Å². The van der Waals surface area contributed by atoms with Crippen LogP contribution in [0.25, 0.3) is 0 Å². The number of ether oxygens (including phenoxy) is 1. The number of rotatable bonds is 3. The van der Waals surface area contributed by atoms with Crippen LogP contribution in [0.1, 0.15) is 58.6 Å². The first-order valence-corrected chi connectivity index (χ1v) is 10.6. The number of nitrogens with zero attached hydrogens (tertiary/aromatic N) is 2. The first-order chi connectivity index (χ1) is 14.2. The number of H-pyrrole nitrogens is 1. The Morgan fingerprint density at radius 2 is 2.03 bits per heavy atom. The molecule has 5 rings (SSSR count). The Hall–Kier alpha value is -2.67. The molecule has 7 heteroatoms. The van der Waals surface area contributed by atoms with Crippen molar-refractivity contribution in [1.82, 2.24) is 15.1 Å². The summed E-state index contributed by atoms with van der Waals surface area (Å²) in [5.41, 5.74) is 5.88. The normalized spacial score (nSPS) is 20.8. The minimum atomic E-state index is -0.352. The van der Waals surface area contributed by atoms with Crippen molar-refractivity contribution < 1.29 is 14.3 Å². The van der Waals surface area contributed by atoms with Crippen LogP contribution in [-0.2, 0) is 35.3 Å². The number of carbonyl (C=O) groups is 2. The summed E-state index contributed by atoms with van der Waals surface area (Å²) in [6.45, 7) is 1.88. The van der Waals surface area contributed by atoms with Gasteiger partial charge in [-0.3, -0.25) is 14.7 Å². The van der Waals surface area contributed by atoms with Crippen molar-refractivity contribution in [2.45, 2.75) is 57.6 Å². The maximum atomic E-state index is 13.1. The summed E-state index contributed by atoms with van der Waals surface area (Å²) < 4.78 is 5.46. The van der Waals surface area contributed by atoms with Crippen LogP contribution in [0.4, 0.5) is 5.69 Å². The molecule has 3 aliphatic rings. The summed E-state index contributed by atoms with van der Waals surface area (Å²) in [6.07, 6.45) is 6.33. The van der Waals surface area contributed by atoms with E-state index in [1.165, 1.54) is 5.56 Å². The Bertz CT molecular complexity index is 946. The third-order valence-corrected chi connectivity index (χ3v) is 6.25. The van der Waals surface area contributed by atoms with Gasteiger partial charge in [0.15, 0.2) is 5.69 Å². The lowest BCUT2D eigenvalue weighted by Crippen LogP contribution is -2.36. The zero-order valence-corrected chi connectivity index (χ0v) is 16.5. The monoisotopic (exact) mass is 394 g/mol. The van der Waals surface area contributed by atoms with Gasteiger partial charge in [-0.15, -0.1) is 0 Å². The van der Waals surface area contributed by atoms with Crippen molar-refractivity contribution in [1.29, 1.82) is 0 Å². The fraction of sp³-hybridized carbons (Fsp3) is 0.500. The molecular formula is C22H26N4O3. The minimum absolute atomic E-state index is 0.00356. The highest BCUT2D eigenvalue weighted by Crippen LogP contribution is 2.27. The van der Waals surface area contributed by atoms with Crippen LogP contribution in [0.15, 0.2) is 18.2 Å². The number of hydrogen-bond acceptors (Lipinski definition) is 4. The fourth-order valence-electron chi connectivity index (χ4n) is 4.62. The zero-order valence-electron chi connectivity index (χ0n) is 16.5. The largest absolute Gasteiger partial charge is 0.368 e. The smallest absolute Gasteiger partial charge is 0.274 e. The molecule has 0 saturated carbocycles. The molecule has 0 spiro atoms. The lowest BCUT2D eigenvalue weighted by molar-refractivity contribution is -0.124. The van der Waals surface area contributed by atoms with Crippen LogP contribution in [0, 0.1) is 0 Å². The van der Waals surface area contributed by atoms with Gasteiger partial charge in [0.25, 0.3) is 11.8 Å². The number of carbonyl (C=O) groups excluding carboxylic acids is 2. The molecule has 1 atom stereocenters. The molecule has 0 radical (unpaired) electrons. The standard InChI is InChI=1S/C22H26N4O3/c27-21(19-6-3-11-29-19)23-16-8-7-14-9-10-26(13-15(14)12-16)22(28)20-17-4-1-2-5-18(17)24-25-20/h7-8,12,19H,1-6,9-11,13H2,(H,23,27)(H,24,25)/t19-/m0/s1. The van der Waals surface area contributed by atoms with Crippen LogP contribution in [0.5, 0.6) is 0 Å². The van der Waals surface area contributed by atoms with Gasteiger partial charge >= 0.3 is 0 Å². The van der Waals surface area contributed by atoms with E-state index < -0.39 is 0 Å². The maximum Gasteiger partial charge on any atom is 0.274 e. The highest BCUT2D eigenvalue weighted by Gasteiger charge is 2.28. The molecule has 1 aliphatic carbocycles. The van der Waals surface area contributed by atoms with Crippen LogP contribution >= 0.6 is 0 Å². The average Bonchev–Trinajstić information content (AvgIpc) is 3.43. The first kappa shape index (κ1) is 18.4. The molecule has 1 aromatic heterocycles. The SMILES string of the molecule is O=C(Nc1ccc2c(c1)CN(C(=O)c1n[nH]c3c1CCCC3)CC2)[C@@H]1CCCO1. The van der Waals surface area contributed by atoms with E-state index in [1.807, 2.05) is 17.0 Å². The molecule has 1 saturated heterocycles. The molecule has 2 aliphatic heterocycles. The van der Waals surface area contributed by atoms with Gasteiger partial charge in [0.05, 0.1) is 0 Å². The number of anilines is 1. The summed E-state index contributed by atoms with van der Waals surface area (Å²) in [5.74, 6) is -0.0850. The summed E-state index contributed by atoms with van der Waals surface area (Å²) in [6, 6.07) is 5.98. The Labute approximate surface area is 169 Å². The number of nitrogens with one attached hydrogen (secondary N) is 2. The van der Waals surface area contributed by atoms with E-state index in [0.717, 1.165) is 67.5 Å². The topological polar surface area (TPSA) is 87.3 Å². The third-order valence-electron chi connectivity index (χ3n) is 6.25. The van der Waals surface area contributed by atoms with E-state index in [4.69, 9.17) is 4.74 Å². The van der Waals surface area contributed by atoms with Crippen molar-refractivity contribution in [3.63, 3.8) is 0 Å². The van der Waals surface area contributed by atoms with Crippen molar-refractivity contribution in [2.24, 2.45) is 0 Å². The molecule has 2 amide bonds. The second kappa shape index (κ2) is 7.63. The minimum Gasteiger partial charge on any atom is -0.368 e. The van der Waals surface area contributed by atoms with Gasteiger partial charge in [0.2, 0.25) is 0 Å². The van der Waals surface area contributed by atoms with Crippen molar-refractivity contribution >= 4 is 17.5 Å². The number of fused-ring (bicyclic) bond motifs is 2. The lowest BCUT2D eigenvalue weighted by atomic mass is 9.94. The molecule has 3 heterocycles. The van der Waals surface area contributed by atoms with Crippen LogP contribution < -0.4 is 5.32 Å². The summed E-state index contributed by atoms with van der Waals surface area (Å²) >= 11 is 0. The van der Waals surface area contributed by atoms with Gasteiger partial charge in [0.1, 0.15) is 6.10 Å².